The van der Waals surface area contributed by atoms with Gasteiger partial charge >= 0.3 is 6.09 Å². The third kappa shape index (κ3) is 6.00. The van der Waals surface area contributed by atoms with Crippen molar-refractivity contribution in [3.8, 4) is 11.5 Å². The Morgan fingerprint density at radius 3 is 2.52 bits per heavy atom. The fourth-order valence-electron chi connectivity index (χ4n) is 2.83. The monoisotopic (exact) mass is 392 g/mol. The van der Waals surface area contributed by atoms with Gasteiger partial charge < -0.3 is 15.0 Å². The van der Waals surface area contributed by atoms with Crippen LogP contribution in [0, 0.1) is 0 Å². The van der Waals surface area contributed by atoms with Crippen LogP contribution < -0.4 is 10.9 Å². The second-order valence-corrected chi connectivity index (χ2v) is 7.61. The summed E-state index contributed by atoms with van der Waals surface area (Å²) < 4.78 is 5.40. The molecule has 1 unspecified atom stereocenters. The lowest BCUT2D eigenvalue weighted by Crippen LogP contribution is -2.36. The van der Waals surface area contributed by atoms with Gasteiger partial charge in [-0.3, -0.25) is 9.78 Å². The van der Waals surface area contributed by atoms with E-state index < -0.39 is 17.7 Å². The molecule has 1 atom stereocenters. The van der Waals surface area contributed by atoms with Crippen LogP contribution in [0.3, 0.4) is 0 Å². The normalized spacial score (nSPS) is 12.2. The highest BCUT2D eigenvalue weighted by Crippen LogP contribution is 2.19. The first kappa shape index (κ1) is 20.3. The Morgan fingerprint density at radius 1 is 1.14 bits per heavy atom. The summed E-state index contributed by atoms with van der Waals surface area (Å²) in [6, 6.07) is 15.9. The smallest absolute Gasteiger partial charge is 0.408 e. The molecule has 0 aliphatic heterocycles. The zero-order valence-electron chi connectivity index (χ0n) is 16.7. The number of rotatable bonds is 5. The summed E-state index contributed by atoms with van der Waals surface area (Å²) in [5.41, 5.74) is 1.11. The standard InChI is InChI=1S/C22H24N4O3/c1-22(2,3)29-21(28)25-18(15-9-5-4-6-10-15)13-16-14-19(27)26-20(24-16)17-11-7-8-12-23-17/h4-12,14,18H,13H2,1-3H3,(H,25,28)(H,24,26,27). The zero-order chi connectivity index (χ0) is 20.9. The molecule has 7 nitrogen and oxygen atoms in total. The number of nitrogens with one attached hydrogen (secondary N) is 2. The van der Waals surface area contributed by atoms with Gasteiger partial charge in [-0.1, -0.05) is 36.4 Å². The van der Waals surface area contributed by atoms with Gasteiger partial charge in [-0.05, 0) is 38.5 Å². The van der Waals surface area contributed by atoms with E-state index in [1.807, 2.05) is 57.2 Å². The third-order valence-corrected chi connectivity index (χ3v) is 4.01. The number of aromatic amines is 1. The van der Waals surface area contributed by atoms with Crippen molar-refractivity contribution >= 4 is 6.09 Å². The summed E-state index contributed by atoms with van der Waals surface area (Å²) in [5.74, 6) is 0.386. The van der Waals surface area contributed by atoms with Crippen LogP contribution in [0.25, 0.3) is 11.5 Å². The van der Waals surface area contributed by atoms with E-state index in [1.54, 1.807) is 18.3 Å². The molecule has 3 rings (SSSR count). The SMILES string of the molecule is CC(C)(C)OC(=O)NC(Cc1cc(=O)[nH]c(-c2ccccn2)n1)c1ccccc1. The van der Waals surface area contributed by atoms with E-state index in [2.05, 4.69) is 20.3 Å². The van der Waals surface area contributed by atoms with Crippen molar-refractivity contribution in [2.75, 3.05) is 0 Å². The molecule has 1 aromatic carbocycles. The van der Waals surface area contributed by atoms with Crippen LogP contribution in [0.4, 0.5) is 4.79 Å². The van der Waals surface area contributed by atoms with Crippen molar-refractivity contribution in [3.05, 3.63) is 82.4 Å². The molecule has 2 N–H and O–H groups in total. The average Bonchev–Trinajstić information content (AvgIpc) is 2.67. The van der Waals surface area contributed by atoms with Crippen LogP contribution in [0.5, 0.6) is 0 Å². The van der Waals surface area contributed by atoms with Crippen LogP contribution >= 0.6 is 0 Å². The highest BCUT2D eigenvalue weighted by Gasteiger charge is 2.21. The largest absolute Gasteiger partial charge is 0.444 e. The summed E-state index contributed by atoms with van der Waals surface area (Å²) >= 11 is 0. The van der Waals surface area contributed by atoms with Gasteiger partial charge in [0.05, 0.1) is 11.7 Å². The predicted octanol–water partition coefficient (Wildman–Crippen LogP) is 3.64. The number of alkyl carbamates (subject to hydrolysis) is 1. The van der Waals surface area contributed by atoms with Crippen LogP contribution in [0.15, 0.2) is 65.6 Å². The number of nitrogens with zero attached hydrogens (tertiary/aromatic N) is 2. The number of carbonyl (C=O) groups is 1. The Bertz CT molecular complexity index is 1010. The summed E-state index contributed by atoms with van der Waals surface area (Å²) in [7, 11) is 0. The lowest BCUT2D eigenvalue weighted by molar-refractivity contribution is 0.0503. The molecular weight excluding hydrogens is 368 g/mol. The molecule has 29 heavy (non-hydrogen) atoms. The number of pyridine rings is 1. The number of aromatic nitrogens is 3. The second kappa shape index (κ2) is 8.68. The Balaban J connectivity index is 1.89. The summed E-state index contributed by atoms with van der Waals surface area (Å²) in [6.07, 6.45) is 1.44. The van der Waals surface area contributed by atoms with E-state index in [0.29, 0.717) is 23.6 Å². The number of H-pyrrole nitrogens is 1. The molecule has 0 bridgehead atoms. The minimum atomic E-state index is -0.611. The zero-order valence-corrected chi connectivity index (χ0v) is 16.7. The lowest BCUT2D eigenvalue weighted by atomic mass is 10.0. The predicted molar refractivity (Wildman–Crippen MR) is 110 cm³/mol. The Hall–Kier alpha value is -3.48. The molecular formula is C22H24N4O3. The van der Waals surface area contributed by atoms with Gasteiger partial charge in [-0.2, -0.15) is 0 Å². The van der Waals surface area contributed by atoms with E-state index >= 15 is 0 Å². The maximum atomic E-state index is 12.4. The summed E-state index contributed by atoms with van der Waals surface area (Å²) in [4.78, 5) is 36.0. The van der Waals surface area contributed by atoms with Crippen LogP contribution in [0.1, 0.15) is 38.1 Å². The minimum Gasteiger partial charge on any atom is -0.444 e. The Labute approximate surface area is 169 Å². The van der Waals surface area contributed by atoms with Gasteiger partial charge in [0.15, 0.2) is 5.82 Å². The minimum absolute atomic E-state index is 0.278. The van der Waals surface area contributed by atoms with Gasteiger partial charge in [0.2, 0.25) is 0 Å². The molecule has 0 saturated carbocycles. The first-order valence-corrected chi connectivity index (χ1v) is 9.36. The molecule has 7 heteroatoms. The number of benzene rings is 1. The molecule has 0 aliphatic carbocycles. The van der Waals surface area contributed by atoms with Crippen molar-refractivity contribution < 1.29 is 9.53 Å². The van der Waals surface area contributed by atoms with Gasteiger partial charge in [0, 0.05) is 18.7 Å². The topological polar surface area (TPSA) is 97.0 Å². The van der Waals surface area contributed by atoms with E-state index in [4.69, 9.17) is 4.74 Å². The highest BCUT2D eigenvalue weighted by atomic mass is 16.6. The van der Waals surface area contributed by atoms with Gasteiger partial charge in [-0.25, -0.2) is 9.78 Å². The van der Waals surface area contributed by atoms with E-state index in [-0.39, 0.29) is 5.56 Å². The molecule has 150 valence electrons. The van der Waals surface area contributed by atoms with Crippen LogP contribution in [-0.2, 0) is 11.2 Å². The molecule has 0 fully saturated rings. The molecule has 2 aromatic heterocycles. The van der Waals surface area contributed by atoms with Gasteiger partial charge in [0.25, 0.3) is 5.56 Å². The maximum absolute atomic E-state index is 12.4. The molecule has 0 spiro atoms. The third-order valence-electron chi connectivity index (χ3n) is 4.01. The van der Waals surface area contributed by atoms with Gasteiger partial charge in [0.1, 0.15) is 11.3 Å². The quantitative estimate of drug-likeness (QED) is 0.691. The molecule has 1 amide bonds. The lowest BCUT2D eigenvalue weighted by Gasteiger charge is -2.24. The molecule has 0 radical (unpaired) electrons. The first-order chi connectivity index (χ1) is 13.8. The van der Waals surface area contributed by atoms with Crippen molar-refractivity contribution in [2.45, 2.75) is 38.8 Å². The highest BCUT2D eigenvalue weighted by molar-refractivity contribution is 5.68. The van der Waals surface area contributed by atoms with Crippen molar-refractivity contribution in [1.82, 2.24) is 20.3 Å². The van der Waals surface area contributed by atoms with E-state index in [9.17, 15) is 9.59 Å². The molecule has 0 saturated heterocycles. The molecule has 3 aromatic rings. The van der Waals surface area contributed by atoms with Crippen LogP contribution in [-0.4, -0.2) is 26.6 Å². The number of amides is 1. The molecule has 2 heterocycles. The van der Waals surface area contributed by atoms with Crippen molar-refractivity contribution in [3.63, 3.8) is 0 Å². The average molecular weight is 392 g/mol. The Morgan fingerprint density at radius 2 is 1.86 bits per heavy atom. The maximum Gasteiger partial charge on any atom is 0.408 e. The fraction of sp³-hybridized carbons (Fsp3) is 0.273. The Kier molecular flexibility index (Phi) is 6.07. The second-order valence-electron chi connectivity index (χ2n) is 7.61. The summed E-state index contributed by atoms with van der Waals surface area (Å²) in [6.45, 7) is 5.42. The van der Waals surface area contributed by atoms with Crippen LogP contribution in [0.2, 0.25) is 0 Å². The fourth-order valence-corrected chi connectivity index (χ4v) is 2.83. The first-order valence-electron chi connectivity index (χ1n) is 9.36. The summed E-state index contributed by atoms with van der Waals surface area (Å²) in [5, 5.41) is 2.89. The van der Waals surface area contributed by atoms with Crippen molar-refractivity contribution in [1.29, 1.82) is 0 Å². The van der Waals surface area contributed by atoms with E-state index in [1.165, 1.54) is 6.07 Å². The van der Waals surface area contributed by atoms with Crippen molar-refractivity contribution in [2.24, 2.45) is 0 Å². The number of hydrogen-bond donors (Lipinski definition) is 2. The van der Waals surface area contributed by atoms with Gasteiger partial charge in [-0.15, -0.1) is 0 Å². The number of hydrogen-bond acceptors (Lipinski definition) is 5. The number of ether oxygens (including phenoxy) is 1. The number of carbonyl (C=O) groups excluding carboxylic acids is 1. The molecule has 0 aliphatic rings. The van der Waals surface area contributed by atoms with E-state index in [0.717, 1.165) is 5.56 Å².